The van der Waals surface area contributed by atoms with Crippen LogP contribution in [0.2, 0.25) is 0 Å². The normalized spacial score (nSPS) is 19.2. The first kappa shape index (κ1) is 18.6. The Morgan fingerprint density at radius 3 is 2.33 bits per heavy atom. The van der Waals surface area contributed by atoms with E-state index in [-0.39, 0.29) is 24.0 Å². The molecule has 0 bridgehead atoms. The van der Waals surface area contributed by atoms with Gasteiger partial charge in [-0.05, 0) is 50.2 Å². The minimum atomic E-state index is -0.330. The second-order valence-electron chi connectivity index (χ2n) is 6.66. The van der Waals surface area contributed by atoms with Crippen LogP contribution in [0.15, 0.2) is 48.5 Å². The summed E-state index contributed by atoms with van der Waals surface area (Å²) < 4.78 is 5.69. The number of carbonyl (C=O) groups excluding carboxylic acids is 2. The fourth-order valence-electron chi connectivity index (χ4n) is 3.18. The molecule has 27 heavy (non-hydrogen) atoms. The lowest BCUT2D eigenvalue weighted by atomic mass is 10.1. The second-order valence-corrected chi connectivity index (χ2v) is 6.66. The molecule has 2 amide bonds. The molecule has 1 saturated heterocycles. The number of nitriles is 1. The molecular weight excluding hydrogens is 342 g/mol. The molecule has 3 rings (SSSR count). The van der Waals surface area contributed by atoms with Crippen molar-refractivity contribution in [3.63, 3.8) is 0 Å². The minimum absolute atomic E-state index is 0.0295. The average Bonchev–Trinajstić information content (AvgIpc) is 2.67. The molecular formula is C21H21N3O3. The first-order valence-electron chi connectivity index (χ1n) is 8.83. The topological polar surface area (TPSA) is 82.4 Å². The van der Waals surface area contributed by atoms with Crippen LogP contribution in [0.3, 0.4) is 0 Å². The molecule has 0 saturated carbocycles. The third kappa shape index (κ3) is 4.33. The number of rotatable bonds is 3. The van der Waals surface area contributed by atoms with Gasteiger partial charge in [0.25, 0.3) is 11.8 Å². The third-order valence-corrected chi connectivity index (χ3v) is 4.39. The van der Waals surface area contributed by atoms with E-state index in [4.69, 9.17) is 10.00 Å². The Bertz CT molecular complexity index is 876. The summed E-state index contributed by atoms with van der Waals surface area (Å²) in [5.41, 5.74) is 1.81. The number of hydrogen-bond donors (Lipinski definition) is 1. The van der Waals surface area contributed by atoms with E-state index in [9.17, 15) is 9.59 Å². The van der Waals surface area contributed by atoms with Crippen LogP contribution in [0, 0.1) is 11.3 Å². The molecule has 0 unspecified atom stereocenters. The van der Waals surface area contributed by atoms with Crippen molar-refractivity contribution in [2.75, 3.05) is 18.4 Å². The number of nitrogens with one attached hydrogen (secondary N) is 1. The van der Waals surface area contributed by atoms with Gasteiger partial charge < -0.3 is 15.0 Å². The van der Waals surface area contributed by atoms with E-state index < -0.39 is 0 Å². The Morgan fingerprint density at radius 1 is 1.07 bits per heavy atom. The number of ether oxygens (including phenoxy) is 1. The number of nitrogens with zero attached hydrogens (tertiary/aromatic N) is 2. The van der Waals surface area contributed by atoms with Crippen molar-refractivity contribution in [2.45, 2.75) is 26.1 Å². The lowest BCUT2D eigenvalue weighted by Gasteiger charge is -2.35. The van der Waals surface area contributed by atoms with Crippen LogP contribution in [-0.2, 0) is 4.74 Å². The van der Waals surface area contributed by atoms with Crippen molar-refractivity contribution < 1.29 is 14.3 Å². The van der Waals surface area contributed by atoms with E-state index in [1.807, 2.05) is 19.9 Å². The lowest BCUT2D eigenvalue weighted by Crippen LogP contribution is -2.48. The Kier molecular flexibility index (Phi) is 5.53. The number of para-hydroxylation sites is 1. The molecule has 0 spiro atoms. The van der Waals surface area contributed by atoms with Crippen molar-refractivity contribution >= 4 is 17.5 Å². The van der Waals surface area contributed by atoms with Gasteiger partial charge in [-0.25, -0.2) is 0 Å². The van der Waals surface area contributed by atoms with Gasteiger partial charge in [0, 0.05) is 18.7 Å². The highest BCUT2D eigenvalue weighted by Gasteiger charge is 2.28. The summed E-state index contributed by atoms with van der Waals surface area (Å²) in [7, 11) is 0. The van der Waals surface area contributed by atoms with Crippen LogP contribution in [0.25, 0.3) is 0 Å². The maximum Gasteiger partial charge on any atom is 0.256 e. The van der Waals surface area contributed by atoms with Crippen LogP contribution in [0.1, 0.15) is 40.1 Å². The highest BCUT2D eigenvalue weighted by Crippen LogP contribution is 2.21. The maximum absolute atomic E-state index is 13.0. The average molecular weight is 363 g/mol. The van der Waals surface area contributed by atoms with E-state index in [1.54, 1.807) is 53.4 Å². The number of benzene rings is 2. The summed E-state index contributed by atoms with van der Waals surface area (Å²) in [5.74, 6) is -0.462. The van der Waals surface area contributed by atoms with Gasteiger partial charge in [0.1, 0.15) is 0 Å². The molecule has 1 heterocycles. The molecule has 6 heteroatoms. The summed E-state index contributed by atoms with van der Waals surface area (Å²) in [6, 6.07) is 15.3. The molecule has 1 aliphatic heterocycles. The number of morpholine rings is 1. The molecule has 0 aromatic heterocycles. The zero-order valence-corrected chi connectivity index (χ0v) is 15.3. The fraction of sp³-hybridized carbons (Fsp3) is 0.286. The van der Waals surface area contributed by atoms with Crippen molar-refractivity contribution in [1.82, 2.24) is 4.90 Å². The van der Waals surface area contributed by atoms with E-state index in [0.29, 0.717) is 35.5 Å². The van der Waals surface area contributed by atoms with Gasteiger partial charge in [0.2, 0.25) is 0 Å². The summed E-state index contributed by atoms with van der Waals surface area (Å²) in [5, 5.41) is 11.7. The number of amides is 2. The van der Waals surface area contributed by atoms with Gasteiger partial charge in [0.15, 0.2) is 0 Å². The molecule has 2 atom stereocenters. The molecule has 0 radical (unpaired) electrons. The summed E-state index contributed by atoms with van der Waals surface area (Å²) in [4.78, 5) is 27.3. The highest BCUT2D eigenvalue weighted by molar-refractivity contribution is 6.09. The molecule has 2 aromatic carbocycles. The van der Waals surface area contributed by atoms with E-state index >= 15 is 0 Å². The molecule has 0 aliphatic carbocycles. The fourth-order valence-corrected chi connectivity index (χ4v) is 3.18. The van der Waals surface area contributed by atoms with Crippen LogP contribution in [0.4, 0.5) is 5.69 Å². The first-order chi connectivity index (χ1) is 13.0. The minimum Gasteiger partial charge on any atom is -0.372 e. The molecule has 1 N–H and O–H groups in total. The largest absolute Gasteiger partial charge is 0.372 e. The smallest absolute Gasteiger partial charge is 0.256 e. The lowest BCUT2D eigenvalue weighted by molar-refractivity contribution is -0.0585. The molecule has 6 nitrogen and oxygen atoms in total. The number of anilines is 1. The molecule has 1 fully saturated rings. The molecule has 1 aliphatic rings. The van der Waals surface area contributed by atoms with Crippen LogP contribution < -0.4 is 5.32 Å². The number of hydrogen-bond acceptors (Lipinski definition) is 4. The van der Waals surface area contributed by atoms with Crippen molar-refractivity contribution in [3.8, 4) is 6.07 Å². The maximum atomic E-state index is 13.0. The predicted octanol–water partition coefficient (Wildman–Crippen LogP) is 3.06. The van der Waals surface area contributed by atoms with Crippen LogP contribution in [0.5, 0.6) is 0 Å². The highest BCUT2D eigenvalue weighted by atomic mass is 16.5. The van der Waals surface area contributed by atoms with Crippen molar-refractivity contribution in [3.05, 3.63) is 65.2 Å². The van der Waals surface area contributed by atoms with E-state index in [0.717, 1.165) is 0 Å². The molecule has 2 aromatic rings. The predicted molar refractivity (Wildman–Crippen MR) is 101 cm³/mol. The second kappa shape index (κ2) is 8.02. The SMILES string of the molecule is C[C@@H]1CN(C(=O)c2ccccc2NC(=O)c2ccc(C#N)cc2)C[C@@H](C)O1. The zero-order valence-electron chi connectivity index (χ0n) is 15.3. The first-order valence-corrected chi connectivity index (χ1v) is 8.83. The van der Waals surface area contributed by atoms with Gasteiger partial charge in [0.05, 0.1) is 35.1 Å². The standard InChI is InChI=1S/C21H21N3O3/c1-14-12-24(13-15(2)27-14)21(26)18-5-3-4-6-19(18)23-20(25)17-9-7-16(11-22)8-10-17/h3-10,14-15H,12-13H2,1-2H3,(H,23,25)/t14-,15-/m1/s1. The van der Waals surface area contributed by atoms with Gasteiger partial charge in [-0.1, -0.05) is 12.1 Å². The zero-order chi connectivity index (χ0) is 19.4. The molecule has 138 valence electrons. The van der Waals surface area contributed by atoms with Crippen molar-refractivity contribution in [1.29, 1.82) is 5.26 Å². The van der Waals surface area contributed by atoms with Crippen LogP contribution >= 0.6 is 0 Å². The summed E-state index contributed by atoms with van der Waals surface area (Å²) in [6.45, 7) is 4.91. The van der Waals surface area contributed by atoms with Gasteiger partial charge in [-0.2, -0.15) is 5.26 Å². The Balaban J connectivity index is 1.80. The van der Waals surface area contributed by atoms with Gasteiger partial charge in [-0.3, -0.25) is 9.59 Å². The Morgan fingerprint density at radius 2 is 1.70 bits per heavy atom. The quantitative estimate of drug-likeness (QED) is 0.908. The van der Waals surface area contributed by atoms with E-state index in [2.05, 4.69) is 5.32 Å². The van der Waals surface area contributed by atoms with Gasteiger partial charge in [-0.15, -0.1) is 0 Å². The van der Waals surface area contributed by atoms with Crippen LogP contribution in [-0.4, -0.2) is 42.0 Å². The third-order valence-electron chi connectivity index (χ3n) is 4.39. The van der Waals surface area contributed by atoms with Crippen molar-refractivity contribution in [2.24, 2.45) is 0 Å². The Hall–Kier alpha value is -3.17. The summed E-state index contributed by atoms with van der Waals surface area (Å²) in [6.07, 6.45) is -0.0591. The van der Waals surface area contributed by atoms with E-state index in [1.165, 1.54) is 0 Å². The van der Waals surface area contributed by atoms with Gasteiger partial charge >= 0.3 is 0 Å². The monoisotopic (exact) mass is 363 g/mol. The summed E-state index contributed by atoms with van der Waals surface area (Å²) >= 11 is 0. The number of carbonyl (C=O) groups is 2. The Labute approximate surface area is 158 Å².